The molecule has 1 heterocycles. The normalized spacial score (nSPS) is 11.5. The third kappa shape index (κ3) is 3.41. The van der Waals surface area contributed by atoms with Crippen LogP contribution in [0.3, 0.4) is 0 Å². The Morgan fingerprint density at radius 1 is 1.44 bits per heavy atom. The lowest BCUT2D eigenvalue weighted by molar-refractivity contribution is -0.137. The standard InChI is InChI=1S/C10H15N3O4S/c1-12(7-5-10(14)15)18(16,17)13(2)9-4-3-6-11-8-9/h3-4,6,8H,5,7H2,1-2H3,(H,14,15). The van der Waals surface area contributed by atoms with Crippen LogP contribution in [0.15, 0.2) is 24.5 Å². The summed E-state index contributed by atoms with van der Waals surface area (Å²) in [5, 5.41) is 8.54. The summed E-state index contributed by atoms with van der Waals surface area (Å²) in [4.78, 5) is 14.3. The van der Waals surface area contributed by atoms with Crippen molar-refractivity contribution in [3.63, 3.8) is 0 Å². The molecule has 0 atom stereocenters. The summed E-state index contributed by atoms with van der Waals surface area (Å²) < 4.78 is 26.2. The van der Waals surface area contributed by atoms with Gasteiger partial charge in [-0.1, -0.05) is 0 Å². The van der Waals surface area contributed by atoms with Crippen molar-refractivity contribution in [1.29, 1.82) is 0 Å². The summed E-state index contributed by atoms with van der Waals surface area (Å²) in [5.74, 6) is -1.04. The molecule has 7 nitrogen and oxygen atoms in total. The summed E-state index contributed by atoms with van der Waals surface area (Å²) in [7, 11) is -0.993. The zero-order chi connectivity index (χ0) is 13.8. The molecule has 1 aromatic heterocycles. The van der Waals surface area contributed by atoms with E-state index in [2.05, 4.69) is 4.98 Å². The molecule has 0 saturated carbocycles. The highest BCUT2D eigenvalue weighted by Crippen LogP contribution is 2.15. The number of nitrogens with zero attached hydrogens (tertiary/aromatic N) is 3. The number of anilines is 1. The van der Waals surface area contributed by atoms with Gasteiger partial charge < -0.3 is 5.11 Å². The van der Waals surface area contributed by atoms with E-state index in [1.54, 1.807) is 12.1 Å². The molecule has 100 valence electrons. The number of carboxylic acids is 1. The van der Waals surface area contributed by atoms with Crippen molar-refractivity contribution in [3.8, 4) is 0 Å². The minimum atomic E-state index is -3.72. The zero-order valence-corrected chi connectivity index (χ0v) is 11.0. The molecular formula is C10H15N3O4S. The Labute approximate surface area is 106 Å². The SMILES string of the molecule is CN(CCC(=O)O)S(=O)(=O)N(C)c1cccnc1. The Hall–Kier alpha value is -1.67. The van der Waals surface area contributed by atoms with E-state index < -0.39 is 16.2 Å². The Kier molecular flexibility index (Phi) is 4.62. The van der Waals surface area contributed by atoms with Gasteiger partial charge in [0.15, 0.2) is 0 Å². The molecule has 0 unspecified atom stereocenters. The molecule has 0 radical (unpaired) electrons. The minimum Gasteiger partial charge on any atom is -0.481 e. The monoisotopic (exact) mass is 273 g/mol. The van der Waals surface area contributed by atoms with Gasteiger partial charge in [-0.3, -0.25) is 14.1 Å². The van der Waals surface area contributed by atoms with Crippen LogP contribution in [0.25, 0.3) is 0 Å². The van der Waals surface area contributed by atoms with Crippen LogP contribution in [-0.2, 0) is 15.0 Å². The Balaban J connectivity index is 2.83. The molecule has 0 aliphatic rings. The molecule has 0 aliphatic heterocycles. The minimum absolute atomic E-state index is 0.0811. The molecule has 1 rings (SSSR count). The van der Waals surface area contributed by atoms with Gasteiger partial charge in [-0.25, -0.2) is 0 Å². The number of hydrogen-bond acceptors (Lipinski definition) is 4. The van der Waals surface area contributed by atoms with Crippen LogP contribution in [0.2, 0.25) is 0 Å². The lowest BCUT2D eigenvalue weighted by Crippen LogP contribution is -2.40. The number of aliphatic carboxylic acids is 1. The second-order valence-electron chi connectivity index (χ2n) is 3.65. The maximum Gasteiger partial charge on any atom is 0.304 e. The second kappa shape index (κ2) is 5.78. The molecule has 0 spiro atoms. The molecular weight excluding hydrogens is 258 g/mol. The molecule has 0 saturated heterocycles. The van der Waals surface area contributed by atoms with E-state index in [0.717, 1.165) is 8.61 Å². The molecule has 1 N–H and O–H groups in total. The van der Waals surface area contributed by atoms with Gasteiger partial charge in [-0.15, -0.1) is 0 Å². The van der Waals surface area contributed by atoms with Gasteiger partial charge >= 0.3 is 16.2 Å². The number of rotatable bonds is 6. The average molecular weight is 273 g/mol. The van der Waals surface area contributed by atoms with E-state index in [-0.39, 0.29) is 13.0 Å². The van der Waals surface area contributed by atoms with Crippen molar-refractivity contribution in [2.75, 3.05) is 24.9 Å². The summed E-state index contributed by atoms with van der Waals surface area (Å²) in [6.45, 7) is -0.0811. The first-order chi connectivity index (χ1) is 8.35. The van der Waals surface area contributed by atoms with Gasteiger partial charge in [0.05, 0.1) is 18.3 Å². The van der Waals surface area contributed by atoms with Crippen LogP contribution in [0.4, 0.5) is 5.69 Å². The largest absolute Gasteiger partial charge is 0.481 e. The molecule has 18 heavy (non-hydrogen) atoms. The first kappa shape index (κ1) is 14.4. The van der Waals surface area contributed by atoms with E-state index in [1.165, 1.54) is 26.5 Å². The number of pyridine rings is 1. The first-order valence-electron chi connectivity index (χ1n) is 5.17. The lowest BCUT2D eigenvalue weighted by Gasteiger charge is -2.25. The third-order valence-electron chi connectivity index (χ3n) is 2.39. The molecule has 0 amide bonds. The third-order valence-corrected chi connectivity index (χ3v) is 4.26. The maximum atomic E-state index is 12.1. The van der Waals surface area contributed by atoms with Crippen LogP contribution < -0.4 is 4.31 Å². The highest BCUT2D eigenvalue weighted by Gasteiger charge is 2.24. The van der Waals surface area contributed by atoms with E-state index in [1.807, 2.05) is 0 Å². The van der Waals surface area contributed by atoms with Crippen molar-refractivity contribution in [2.45, 2.75) is 6.42 Å². The smallest absolute Gasteiger partial charge is 0.304 e. The highest BCUT2D eigenvalue weighted by molar-refractivity contribution is 7.90. The fourth-order valence-corrected chi connectivity index (χ4v) is 2.37. The number of aromatic nitrogens is 1. The van der Waals surface area contributed by atoms with Crippen LogP contribution >= 0.6 is 0 Å². The van der Waals surface area contributed by atoms with Gasteiger partial charge in [0.1, 0.15) is 0 Å². The summed E-state index contributed by atoms with van der Waals surface area (Å²) in [5.41, 5.74) is 0.416. The molecule has 0 bridgehead atoms. The van der Waals surface area contributed by atoms with Crippen LogP contribution in [0.5, 0.6) is 0 Å². The van der Waals surface area contributed by atoms with E-state index in [4.69, 9.17) is 5.11 Å². The Morgan fingerprint density at radius 2 is 2.11 bits per heavy atom. The first-order valence-corrected chi connectivity index (χ1v) is 6.57. The summed E-state index contributed by atoms with van der Waals surface area (Å²) >= 11 is 0. The van der Waals surface area contributed by atoms with Gasteiger partial charge in [-0.2, -0.15) is 12.7 Å². The molecule has 0 aromatic carbocycles. The van der Waals surface area contributed by atoms with E-state index >= 15 is 0 Å². The van der Waals surface area contributed by atoms with Crippen molar-refractivity contribution >= 4 is 21.9 Å². The maximum absolute atomic E-state index is 12.1. The average Bonchev–Trinajstić information content (AvgIpc) is 2.35. The summed E-state index contributed by atoms with van der Waals surface area (Å²) in [6, 6.07) is 3.23. The van der Waals surface area contributed by atoms with E-state index in [0.29, 0.717) is 5.69 Å². The van der Waals surface area contributed by atoms with Gasteiger partial charge in [0.25, 0.3) is 0 Å². The molecule has 0 fully saturated rings. The van der Waals surface area contributed by atoms with Crippen LogP contribution in [0, 0.1) is 0 Å². The fourth-order valence-electron chi connectivity index (χ4n) is 1.25. The van der Waals surface area contributed by atoms with Crippen molar-refractivity contribution < 1.29 is 18.3 Å². The van der Waals surface area contributed by atoms with Gasteiger partial charge in [0, 0.05) is 26.8 Å². The van der Waals surface area contributed by atoms with Crippen molar-refractivity contribution in [3.05, 3.63) is 24.5 Å². The quantitative estimate of drug-likeness (QED) is 0.797. The van der Waals surface area contributed by atoms with Crippen molar-refractivity contribution in [1.82, 2.24) is 9.29 Å². The Morgan fingerprint density at radius 3 is 2.61 bits per heavy atom. The van der Waals surface area contributed by atoms with Crippen LogP contribution in [0.1, 0.15) is 6.42 Å². The van der Waals surface area contributed by atoms with Crippen molar-refractivity contribution in [2.24, 2.45) is 0 Å². The van der Waals surface area contributed by atoms with Crippen LogP contribution in [-0.4, -0.2) is 49.4 Å². The number of hydrogen-bond donors (Lipinski definition) is 1. The molecule has 1 aromatic rings. The van der Waals surface area contributed by atoms with Gasteiger partial charge in [0.2, 0.25) is 0 Å². The number of carbonyl (C=O) groups is 1. The second-order valence-corrected chi connectivity index (χ2v) is 5.72. The summed E-state index contributed by atoms with van der Waals surface area (Å²) in [6.07, 6.45) is 2.72. The predicted molar refractivity (Wildman–Crippen MR) is 66.4 cm³/mol. The number of carboxylic acid groups (broad SMARTS) is 1. The molecule has 0 aliphatic carbocycles. The Bertz CT molecular complexity index is 503. The topological polar surface area (TPSA) is 90.8 Å². The fraction of sp³-hybridized carbons (Fsp3) is 0.400. The van der Waals surface area contributed by atoms with Gasteiger partial charge in [-0.05, 0) is 12.1 Å². The predicted octanol–water partition coefficient (Wildman–Crippen LogP) is 0.169. The lowest BCUT2D eigenvalue weighted by atomic mass is 10.4. The van der Waals surface area contributed by atoms with E-state index in [9.17, 15) is 13.2 Å². The zero-order valence-electron chi connectivity index (χ0n) is 10.1. The highest BCUT2D eigenvalue weighted by atomic mass is 32.2. The molecule has 8 heteroatoms.